The molecule has 0 bridgehead atoms. The van der Waals surface area contributed by atoms with Crippen LogP contribution in [0.4, 0.5) is 10.5 Å². The Morgan fingerprint density at radius 2 is 1.70 bits per heavy atom. The summed E-state index contributed by atoms with van der Waals surface area (Å²) < 4.78 is 15.9. The molecule has 0 N–H and O–H groups in total. The molecular formula is C20H19NO5S. The number of ether oxygens (including phenoxy) is 3. The van der Waals surface area contributed by atoms with E-state index in [0.29, 0.717) is 40.0 Å². The van der Waals surface area contributed by atoms with Crippen LogP contribution in [0.2, 0.25) is 0 Å². The van der Waals surface area contributed by atoms with Gasteiger partial charge in [0.05, 0.1) is 31.4 Å². The van der Waals surface area contributed by atoms with E-state index in [9.17, 15) is 9.59 Å². The summed E-state index contributed by atoms with van der Waals surface area (Å²) in [4.78, 5) is 26.7. The number of hydrogen-bond donors (Lipinski definition) is 0. The predicted molar refractivity (Wildman–Crippen MR) is 106 cm³/mol. The van der Waals surface area contributed by atoms with Gasteiger partial charge in [0.2, 0.25) is 0 Å². The topological polar surface area (TPSA) is 65.1 Å². The monoisotopic (exact) mass is 385 g/mol. The van der Waals surface area contributed by atoms with Crippen LogP contribution in [0.15, 0.2) is 47.4 Å². The smallest absolute Gasteiger partial charge is 0.298 e. The van der Waals surface area contributed by atoms with E-state index in [-0.39, 0.29) is 11.1 Å². The fraction of sp³-hybridized carbons (Fsp3) is 0.200. The van der Waals surface area contributed by atoms with Gasteiger partial charge >= 0.3 is 0 Å². The van der Waals surface area contributed by atoms with Gasteiger partial charge in [-0.1, -0.05) is 0 Å². The maximum Gasteiger partial charge on any atom is 0.298 e. The molecule has 0 aliphatic carbocycles. The van der Waals surface area contributed by atoms with Gasteiger partial charge in [-0.15, -0.1) is 0 Å². The summed E-state index contributed by atoms with van der Waals surface area (Å²) in [7, 11) is 3.11. The Labute approximate surface area is 161 Å². The maximum atomic E-state index is 12.8. The van der Waals surface area contributed by atoms with E-state index in [1.807, 2.05) is 6.92 Å². The average Bonchev–Trinajstić information content (AvgIpc) is 2.96. The highest BCUT2D eigenvalue weighted by atomic mass is 32.2. The summed E-state index contributed by atoms with van der Waals surface area (Å²) in [5.41, 5.74) is 1.20. The number of imide groups is 1. The predicted octanol–water partition coefficient (Wildman–Crippen LogP) is 4.34. The zero-order chi connectivity index (χ0) is 19.4. The molecule has 0 saturated carbocycles. The molecule has 6 nitrogen and oxygen atoms in total. The van der Waals surface area contributed by atoms with Gasteiger partial charge in [0.15, 0.2) is 0 Å². The summed E-state index contributed by atoms with van der Waals surface area (Å²) in [6.07, 6.45) is 1.65. The van der Waals surface area contributed by atoms with Crippen molar-refractivity contribution in [3.63, 3.8) is 0 Å². The second kappa shape index (κ2) is 8.18. The number of anilines is 1. The third kappa shape index (κ3) is 3.93. The van der Waals surface area contributed by atoms with E-state index < -0.39 is 0 Å². The van der Waals surface area contributed by atoms with Crippen molar-refractivity contribution >= 4 is 34.7 Å². The van der Waals surface area contributed by atoms with E-state index in [2.05, 4.69) is 0 Å². The van der Waals surface area contributed by atoms with Crippen molar-refractivity contribution in [3.8, 4) is 17.2 Å². The van der Waals surface area contributed by atoms with Crippen molar-refractivity contribution in [1.82, 2.24) is 0 Å². The lowest BCUT2D eigenvalue weighted by atomic mass is 10.1. The summed E-state index contributed by atoms with van der Waals surface area (Å²) >= 11 is 0.896. The molecule has 27 heavy (non-hydrogen) atoms. The molecule has 0 radical (unpaired) electrons. The molecule has 1 heterocycles. The fourth-order valence-corrected chi connectivity index (χ4v) is 3.46. The van der Waals surface area contributed by atoms with Crippen LogP contribution >= 0.6 is 11.8 Å². The summed E-state index contributed by atoms with van der Waals surface area (Å²) in [5, 5.41) is -0.345. The van der Waals surface area contributed by atoms with Gasteiger partial charge in [-0.25, -0.2) is 4.90 Å². The lowest BCUT2D eigenvalue weighted by Crippen LogP contribution is -2.27. The molecule has 0 spiro atoms. The van der Waals surface area contributed by atoms with Gasteiger partial charge < -0.3 is 14.2 Å². The highest BCUT2D eigenvalue weighted by Gasteiger charge is 2.36. The van der Waals surface area contributed by atoms with E-state index in [0.717, 1.165) is 16.7 Å². The average molecular weight is 385 g/mol. The molecule has 1 saturated heterocycles. The number of rotatable bonds is 6. The molecule has 7 heteroatoms. The minimum atomic E-state index is -0.368. The van der Waals surface area contributed by atoms with Crippen LogP contribution in [-0.2, 0) is 4.79 Å². The molecule has 1 aliphatic rings. The molecule has 2 amide bonds. The zero-order valence-electron chi connectivity index (χ0n) is 15.2. The summed E-state index contributed by atoms with van der Waals surface area (Å²) in [5.74, 6) is 1.52. The number of amides is 2. The van der Waals surface area contributed by atoms with Gasteiger partial charge in [0, 0.05) is 11.6 Å². The summed E-state index contributed by atoms with van der Waals surface area (Å²) in [6, 6.07) is 12.1. The minimum Gasteiger partial charge on any atom is -0.497 e. The number of hydrogen-bond acceptors (Lipinski definition) is 6. The molecule has 0 atom stereocenters. The Bertz CT molecular complexity index is 892. The Morgan fingerprint density at radius 1 is 1.00 bits per heavy atom. The number of carbonyl (C=O) groups excluding carboxylic acids is 2. The van der Waals surface area contributed by atoms with Gasteiger partial charge in [-0.2, -0.15) is 0 Å². The van der Waals surface area contributed by atoms with Crippen LogP contribution in [0, 0.1) is 0 Å². The lowest BCUT2D eigenvalue weighted by molar-refractivity contribution is -0.113. The van der Waals surface area contributed by atoms with Crippen LogP contribution in [0.3, 0.4) is 0 Å². The highest BCUT2D eigenvalue weighted by Crippen LogP contribution is 2.37. The van der Waals surface area contributed by atoms with Crippen molar-refractivity contribution in [3.05, 3.63) is 52.9 Å². The maximum absolute atomic E-state index is 12.8. The van der Waals surface area contributed by atoms with Crippen LogP contribution in [0.1, 0.15) is 12.5 Å². The Morgan fingerprint density at radius 3 is 2.33 bits per heavy atom. The normalized spacial score (nSPS) is 15.4. The molecule has 1 aliphatic heterocycles. The van der Waals surface area contributed by atoms with Crippen LogP contribution in [-0.4, -0.2) is 32.0 Å². The van der Waals surface area contributed by atoms with Crippen molar-refractivity contribution in [2.45, 2.75) is 6.92 Å². The van der Waals surface area contributed by atoms with Crippen molar-refractivity contribution < 1.29 is 23.8 Å². The number of benzene rings is 2. The standard InChI is InChI=1S/C20H19NO5S/c1-4-26-15-9-6-14(7-10-15)21-19(22)18(27-20(21)23)11-13-5-8-16(24-2)12-17(13)25-3/h5-12H,4H2,1-3H3/b18-11-. The first-order chi connectivity index (χ1) is 13.1. The first kappa shape index (κ1) is 18.8. The third-order valence-electron chi connectivity index (χ3n) is 3.93. The number of methoxy groups -OCH3 is 2. The second-order valence-electron chi connectivity index (χ2n) is 5.55. The van der Waals surface area contributed by atoms with Crippen LogP contribution in [0.25, 0.3) is 6.08 Å². The van der Waals surface area contributed by atoms with Crippen molar-refractivity contribution in [2.75, 3.05) is 25.7 Å². The molecule has 0 aromatic heterocycles. The first-order valence-electron chi connectivity index (χ1n) is 8.30. The molecule has 0 unspecified atom stereocenters. The van der Waals surface area contributed by atoms with Crippen molar-refractivity contribution in [1.29, 1.82) is 0 Å². The molecule has 3 rings (SSSR count). The van der Waals surface area contributed by atoms with E-state index in [1.54, 1.807) is 55.7 Å². The largest absolute Gasteiger partial charge is 0.497 e. The number of thioether (sulfide) groups is 1. The summed E-state index contributed by atoms with van der Waals surface area (Å²) in [6.45, 7) is 2.44. The van der Waals surface area contributed by atoms with E-state index in [4.69, 9.17) is 14.2 Å². The van der Waals surface area contributed by atoms with Gasteiger partial charge in [-0.05, 0) is 61.2 Å². The SMILES string of the molecule is CCOc1ccc(N2C(=O)S/C(=C\c3ccc(OC)cc3OC)C2=O)cc1. The third-order valence-corrected chi connectivity index (χ3v) is 4.80. The Balaban J connectivity index is 1.88. The lowest BCUT2D eigenvalue weighted by Gasteiger charge is -2.13. The molecular weight excluding hydrogens is 366 g/mol. The Kier molecular flexibility index (Phi) is 5.71. The number of nitrogens with zero attached hydrogens (tertiary/aromatic N) is 1. The number of carbonyl (C=O) groups is 2. The second-order valence-corrected chi connectivity index (χ2v) is 6.55. The zero-order valence-corrected chi connectivity index (χ0v) is 16.0. The molecule has 140 valence electrons. The molecule has 2 aromatic carbocycles. The molecule has 1 fully saturated rings. The van der Waals surface area contributed by atoms with Gasteiger partial charge in [0.1, 0.15) is 17.2 Å². The van der Waals surface area contributed by atoms with Gasteiger partial charge in [0.25, 0.3) is 11.1 Å². The van der Waals surface area contributed by atoms with Crippen LogP contribution < -0.4 is 19.1 Å². The van der Waals surface area contributed by atoms with E-state index in [1.165, 1.54) is 7.11 Å². The quantitative estimate of drug-likeness (QED) is 0.689. The first-order valence-corrected chi connectivity index (χ1v) is 9.12. The van der Waals surface area contributed by atoms with Crippen molar-refractivity contribution in [2.24, 2.45) is 0 Å². The van der Waals surface area contributed by atoms with E-state index >= 15 is 0 Å². The fourth-order valence-electron chi connectivity index (χ4n) is 2.63. The van der Waals surface area contributed by atoms with Gasteiger partial charge in [-0.3, -0.25) is 9.59 Å². The van der Waals surface area contributed by atoms with Crippen LogP contribution in [0.5, 0.6) is 17.2 Å². The Hall–Kier alpha value is -2.93. The highest BCUT2D eigenvalue weighted by molar-refractivity contribution is 8.19. The minimum absolute atomic E-state index is 0.331. The molecule has 2 aromatic rings.